The number of nitrogens with one attached hydrogen (secondary N) is 1. The highest BCUT2D eigenvalue weighted by Gasteiger charge is 2.36. The van der Waals surface area contributed by atoms with E-state index in [0.29, 0.717) is 0 Å². The first-order chi connectivity index (χ1) is 14.1. The van der Waals surface area contributed by atoms with Crippen LogP contribution in [0, 0.1) is 0 Å². The Morgan fingerprint density at radius 2 is 1.60 bits per heavy atom. The van der Waals surface area contributed by atoms with Gasteiger partial charge in [-0.3, -0.25) is 0 Å². The maximum absolute atomic E-state index is 6.43. The van der Waals surface area contributed by atoms with Crippen LogP contribution in [0.2, 0.25) is 18.1 Å². The third-order valence-electron chi connectivity index (χ3n) is 6.47. The molecule has 1 aromatic carbocycles. The summed E-state index contributed by atoms with van der Waals surface area (Å²) in [6.07, 6.45) is 5.80. The van der Waals surface area contributed by atoms with E-state index in [1.54, 1.807) is 18.3 Å². The van der Waals surface area contributed by atoms with Gasteiger partial charge in [-0.2, -0.15) is 0 Å². The zero-order valence-electron chi connectivity index (χ0n) is 21.2. The zero-order chi connectivity index (χ0) is 22.8. The summed E-state index contributed by atoms with van der Waals surface area (Å²) < 4.78 is 11.8. The van der Waals surface area contributed by atoms with Crippen LogP contribution in [0.4, 0.5) is 0 Å². The number of methoxy groups -OCH3 is 1. The molecule has 0 amide bonds. The van der Waals surface area contributed by atoms with Crippen molar-refractivity contribution in [1.82, 2.24) is 5.32 Å². The van der Waals surface area contributed by atoms with E-state index in [4.69, 9.17) is 9.16 Å². The highest BCUT2D eigenvalue weighted by atomic mass is 28.4. The average Bonchev–Trinajstić information content (AvgIpc) is 2.70. The Kier molecular flexibility index (Phi) is 11.4. The van der Waals surface area contributed by atoms with Crippen molar-refractivity contribution in [3.05, 3.63) is 41.0 Å². The van der Waals surface area contributed by atoms with Crippen LogP contribution in [-0.4, -0.2) is 28.6 Å². The topological polar surface area (TPSA) is 30.5 Å². The Morgan fingerprint density at radius 3 is 2.07 bits per heavy atom. The minimum absolute atomic E-state index is 0.236. The molecule has 1 N–H and O–H groups in total. The van der Waals surface area contributed by atoms with Gasteiger partial charge in [0, 0.05) is 13.2 Å². The van der Waals surface area contributed by atoms with Crippen molar-refractivity contribution in [3.8, 4) is 5.75 Å². The highest BCUT2D eigenvalue weighted by molar-refractivity contribution is 6.74. The number of allylic oxidation sites excluding steroid dienone is 1. The second-order valence-electron chi connectivity index (χ2n) is 9.75. The smallest absolute Gasteiger partial charge is 0.192 e. The molecule has 172 valence electrons. The van der Waals surface area contributed by atoms with Crippen molar-refractivity contribution >= 4 is 8.32 Å². The summed E-state index contributed by atoms with van der Waals surface area (Å²) >= 11 is 0. The second-order valence-corrected chi connectivity index (χ2v) is 14.6. The van der Waals surface area contributed by atoms with Crippen molar-refractivity contribution in [3.63, 3.8) is 0 Å². The van der Waals surface area contributed by atoms with E-state index in [-0.39, 0.29) is 11.1 Å². The summed E-state index contributed by atoms with van der Waals surface area (Å²) in [7, 11) is 0.00312. The molecule has 0 bridgehead atoms. The van der Waals surface area contributed by atoms with E-state index in [0.717, 1.165) is 38.2 Å². The molecule has 0 saturated heterocycles. The second kappa shape index (κ2) is 12.7. The molecule has 0 aromatic heterocycles. The standard InChI is InChI=1S/C26H47NO2Si/c1-10-13-21(12-3)24(14-11-2)25(22-15-17-23(28-7)18-16-22)27-19-20-29-30(8,9)26(4,5)6/h15-18,25,27H,10-14,19-20H2,1-9H3/b24-21+/t25-/m0/s1. The van der Waals surface area contributed by atoms with Crippen LogP contribution in [0.5, 0.6) is 5.75 Å². The van der Waals surface area contributed by atoms with Gasteiger partial charge in [-0.25, -0.2) is 0 Å². The van der Waals surface area contributed by atoms with E-state index in [1.165, 1.54) is 18.4 Å². The van der Waals surface area contributed by atoms with E-state index in [9.17, 15) is 0 Å². The lowest BCUT2D eigenvalue weighted by atomic mass is 9.88. The van der Waals surface area contributed by atoms with Gasteiger partial charge in [0.2, 0.25) is 0 Å². The minimum Gasteiger partial charge on any atom is -0.497 e. The summed E-state index contributed by atoms with van der Waals surface area (Å²) in [4.78, 5) is 0. The van der Waals surface area contributed by atoms with Gasteiger partial charge in [0.05, 0.1) is 13.2 Å². The van der Waals surface area contributed by atoms with Gasteiger partial charge < -0.3 is 14.5 Å². The molecule has 3 nitrogen and oxygen atoms in total. The molecule has 0 aliphatic heterocycles. The van der Waals surface area contributed by atoms with Gasteiger partial charge in [-0.05, 0) is 60.7 Å². The van der Waals surface area contributed by atoms with Crippen LogP contribution >= 0.6 is 0 Å². The van der Waals surface area contributed by atoms with Crippen molar-refractivity contribution < 1.29 is 9.16 Å². The lowest BCUT2D eigenvalue weighted by Crippen LogP contribution is -2.42. The van der Waals surface area contributed by atoms with Gasteiger partial charge >= 0.3 is 0 Å². The van der Waals surface area contributed by atoms with Crippen molar-refractivity contribution in [1.29, 1.82) is 0 Å². The molecule has 0 spiro atoms. The lowest BCUT2D eigenvalue weighted by Gasteiger charge is -2.36. The van der Waals surface area contributed by atoms with Crippen LogP contribution in [0.3, 0.4) is 0 Å². The molecule has 0 aliphatic carbocycles. The Balaban J connectivity index is 3.10. The largest absolute Gasteiger partial charge is 0.497 e. The number of benzene rings is 1. The monoisotopic (exact) mass is 433 g/mol. The Hall–Kier alpha value is -1.10. The van der Waals surface area contributed by atoms with Crippen LogP contribution < -0.4 is 10.1 Å². The zero-order valence-corrected chi connectivity index (χ0v) is 22.2. The fourth-order valence-corrected chi connectivity index (χ4v) is 4.67. The molecule has 0 unspecified atom stereocenters. The predicted octanol–water partition coefficient (Wildman–Crippen LogP) is 7.65. The molecular weight excluding hydrogens is 386 g/mol. The van der Waals surface area contributed by atoms with Crippen molar-refractivity contribution in [2.45, 2.75) is 97.8 Å². The SMILES string of the molecule is CCC/C(CC)=C(\CCC)[C@@H](NCCO[Si](C)(C)C(C)(C)C)c1ccc(OC)cc1. The van der Waals surface area contributed by atoms with Gasteiger partial charge in [-0.15, -0.1) is 0 Å². The molecule has 30 heavy (non-hydrogen) atoms. The third-order valence-corrected chi connectivity index (χ3v) is 11.0. The van der Waals surface area contributed by atoms with Gasteiger partial charge in [-0.1, -0.05) is 72.1 Å². The van der Waals surface area contributed by atoms with E-state index >= 15 is 0 Å². The maximum atomic E-state index is 6.43. The van der Waals surface area contributed by atoms with E-state index in [1.807, 2.05) is 0 Å². The minimum atomic E-state index is -1.72. The first kappa shape index (κ1) is 26.9. The summed E-state index contributed by atoms with van der Waals surface area (Å²) in [5, 5.41) is 4.10. The molecule has 1 atom stereocenters. The molecule has 0 fully saturated rings. The van der Waals surface area contributed by atoms with Crippen LogP contribution in [0.25, 0.3) is 0 Å². The summed E-state index contributed by atoms with van der Waals surface area (Å²) in [5.74, 6) is 0.907. The fraction of sp³-hybridized carbons (Fsp3) is 0.692. The highest BCUT2D eigenvalue weighted by Crippen LogP contribution is 2.36. The average molecular weight is 434 g/mol. The Bertz CT molecular complexity index is 644. The molecule has 0 heterocycles. The number of hydrogen-bond donors (Lipinski definition) is 1. The quantitative estimate of drug-likeness (QED) is 0.197. The number of rotatable bonds is 13. The summed E-state index contributed by atoms with van der Waals surface area (Å²) in [6, 6.07) is 8.80. The molecule has 1 aromatic rings. The van der Waals surface area contributed by atoms with Gasteiger partial charge in [0.25, 0.3) is 0 Å². The van der Waals surface area contributed by atoms with Crippen LogP contribution in [0.15, 0.2) is 35.4 Å². The molecule has 0 saturated carbocycles. The number of hydrogen-bond acceptors (Lipinski definition) is 3. The maximum Gasteiger partial charge on any atom is 0.192 e. The van der Waals surface area contributed by atoms with E-state index in [2.05, 4.69) is 84.2 Å². The third kappa shape index (κ3) is 7.86. The summed E-state index contributed by atoms with van der Waals surface area (Å²) in [5.41, 5.74) is 4.49. The van der Waals surface area contributed by atoms with Crippen molar-refractivity contribution in [2.24, 2.45) is 0 Å². The lowest BCUT2D eigenvalue weighted by molar-refractivity contribution is 0.281. The predicted molar refractivity (Wildman–Crippen MR) is 134 cm³/mol. The van der Waals surface area contributed by atoms with E-state index < -0.39 is 8.32 Å². The Morgan fingerprint density at radius 1 is 1.00 bits per heavy atom. The first-order valence-corrected chi connectivity index (χ1v) is 14.7. The Labute approximate surface area is 187 Å². The fourth-order valence-electron chi connectivity index (χ4n) is 3.63. The van der Waals surface area contributed by atoms with Crippen LogP contribution in [0.1, 0.15) is 85.3 Å². The molecule has 1 rings (SSSR count). The molecule has 0 radical (unpaired) electrons. The first-order valence-electron chi connectivity index (χ1n) is 11.8. The van der Waals surface area contributed by atoms with Crippen molar-refractivity contribution in [2.75, 3.05) is 20.3 Å². The molecular formula is C26H47NO2Si. The normalized spacial score (nSPS) is 14.4. The molecule has 0 aliphatic rings. The van der Waals surface area contributed by atoms with Gasteiger partial charge in [0.15, 0.2) is 8.32 Å². The molecule has 4 heteroatoms. The van der Waals surface area contributed by atoms with Gasteiger partial charge in [0.1, 0.15) is 5.75 Å². The summed E-state index contributed by atoms with van der Waals surface area (Å²) in [6.45, 7) is 20.0. The number of ether oxygens (including phenoxy) is 1. The van der Waals surface area contributed by atoms with Crippen LogP contribution in [-0.2, 0) is 4.43 Å².